The zero-order valence-electron chi connectivity index (χ0n) is 26.3. The Bertz CT molecular complexity index is 1490. The molecule has 4 aromatic rings. The van der Waals surface area contributed by atoms with E-state index in [1.54, 1.807) is 19.2 Å². The molecule has 46 heavy (non-hydrogen) atoms. The Kier molecular flexibility index (Phi) is 10.8. The van der Waals surface area contributed by atoms with E-state index >= 15 is 0 Å². The van der Waals surface area contributed by atoms with Crippen LogP contribution in [0.3, 0.4) is 0 Å². The summed E-state index contributed by atoms with van der Waals surface area (Å²) in [4.78, 5) is 0. The van der Waals surface area contributed by atoms with Gasteiger partial charge in [-0.1, -0.05) is 97.9 Å². The van der Waals surface area contributed by atoms with E-state index in [9.17, 15) is 5.11 Å². The zero-order chi connectivity index (χ0) is 31.8. The topological polar surface area (TPSA) is 84.8 Å². The lowest BCUT2D eigenvalue weighted by Crippen LogP contribution is -2.61. The molecule has 2 fully saturated rings. The minimum atomic E-state index is -1.86. The Morgan fingerprint density at radius 2 is 1.30 bits per heavy atom. The van der Waals surface area contributed by atoms with Gasteiger partial charge in [-0.15, -0.1) is 0 Å². The van der Waals surface area contributed by atoms with Gasteiger partial charge in [-0.2, -0.15) is 0 Å². The third-order valence-corrected chi connectivity index (χ3v) is 8.55. The van der Waals surface area contributed by atoms with E-state index in [1.165, 1.54) is 0 Å². The minimum absolute atomic E-state index is 0.199. The summed E-state index contributed by atoms with van der Waals surface area (Å²) in [5, 5.41) is 12.7. The van der Waals surface area contributed by atoms with Gasteiger partial charge < -0.3 is 38.3 Å². The Balaban J connectivity index is 1.34. The van der Waals surface area contributed by atoms with Crippen LogP contribution < -0.4 is 4.74 Å². The molecule has 8 heteroatoms. The number of aliphatic hydroxyl groups is 1. The number of rotatable bonds is 13. The van der Waals surface area contributed by atoms with Crippen molar-refractivity contribution in [2.75, 3.05) is 26.9 Å². The molecule has 0 aliphatic carbocycles. The SMILES string of the molecule is COc1ccc(C2(O)O[C@H](COCc3ccccc3)[C@@H](OCc3ccccc3)[C@H](C)[C@H]2OCc2ccccc2)cc1C1OCCO1. The van der Waals surface area contributed by atoms with Crippen LogP contribution in [-0.2, 0) is 54.0 Å². The standard InChI is InChI=1S/C38H42O8/c1-27-35(44-24-29-14-8-4-9-15-29)34(26-41-23-28-12-6-3-7-13-28)46-38(39,36(27)45-25-30-16-10-5-11-17-30)31-18-19-33(40-2)32(22-31)37-42-20-21-43-37/h3-19,22,27,34-37,39H,20-21,23-26H2,1-2H3/t27-,34+,35-,36+,38?/m0/s1. The normalized spacial score (nSPS) is 25.0. The summed E-state index contributed by atoms with van der Waals surface area (Å²) in [6, 6.07) is 35.3. The van der Waals surface area contributed by atoms with E-state index in [0.29, 0.717) is 43.3 Å². The first-order valence-corrected chi connectivity index (χ1v) is 15.8. The highest BCUT2D eigenvalue weighted by molar-refractivity contribution is 5.41. The zero-order valence-corrected chi connectivity index (χ0v) is 26.3. The number of hydrogen-bond donors (Lipinski definition) is 1. The van der Waals surface area contributed by atoms with Crippen molar-refractivity contribution < 1.29 is 38.3 Å². The molecule has 1 unspecified atom stereocenters. The molecule has 1 N–H and O–H groups in total. The molecule has 8 nitrogen and oxygen atoms in total. The quantitative estimate of drug-likeness (QED) is 0.185. The van der Waals surface area contributed by atoms with E-state index in [2.05, 4.69) is 0 Å². The summed E-state index contributed by atoms with van der Waals surface area (Å²) in [6.07, 6.45) is -2.48. The maximum Gasteiger partial charge on any atom is 0.220 e. The third kappa shape index (κ3) is 7.51. The molecular formula is C38H42O8. The summed E-state index contributed by atoms with van der Waals surface area (Å²) in [6.45, 7) is 4.23. The van der Waals surface area contributed by atoms with Crippen LogP contribution in [0.2, 0.25) is 0 Å². The highest BCUT2D eigenvalue weighted by Gasteiger charge is 2.55. The van der Waals surface area contributed by atoms with Crippen molar-refractivity contribution in [3.8, 4) is 5.75 Å². The second-order valence-electron chi connectivity index (χ2n) is 11.7. The van der Waals surface area contributed by atoms with Gasteiger partial charge in [0.2, 0.25) is 5.79 Å². The maximum absolute atomic E-state index is 12.7. The fourth-order valence-corrected chi connectivity index (χ4v) is 6.19. The Labute approximate surface area is 270 Å². The number of ether oxygens (including phenoxy) is 7. The molecular weight excluding hydrogens is 584 g/mol. The maximum atomic E-state index is 12.7. The van der Waals surface area contributed by atoms with E-state index in [4.69, 9.17) is 33.2 Å². The van der Waals surface area contributed by atoms with Gasteiger partial charge >= 0.3 is 0 Å². The largest absolute Gasteiger partial charge is 0.496 e. The lowest BCUT2D eigenvalue weighted by atomic mass is 9.81. The van der Waals surface area contributed by atoms with Crippen LogP contribution in [0.4, 0.5) is 0 Å². The lowest BCUT2D eigenvalue weighted by Gasteiger charge is -2.50. The van der Waals surface area contributed by atoms with Crippen molar-refractivity contribution in [3.05, 3.63) is 137 Å². The van der Waals surface area contributed by atoms with Gasteiger partial charge in [0.05, 0.1) is 58.4 Å². The molecule has 0 saturated carbocycles. The van der Waals surface area contributed by atoms with Crippen molar-refractivity contribution in [3.63, 3.8) is 0 Å². The number of benzene rings is 4. The smallest absolute Gasteiger partial charge is 0.220 e. The van der Waals surface area contributed by atoms with Gasteiger partial charge in [-0.05, 0) is 34.9 Å². The predicted molar refractivity (Wildman–Crippen MR) is 172 cm³/mol. The summed E-state index contributed by atoms with van der Waals surface area (Å²) in [7, 11) is 1.60. The lowest BCUT2D eigenvalue weighted by molar-refractivity contribution is -0.363. The molecule has 0 bridgehead atoms. The Hall–Kier alpha value is -3.60. The first-order chi connectivity index (χ1) is 22.5. The fraction of sp³-hybridized carbons (Fsp3) is 0.368. The van der Waals surface area contributed by atoms with Crippen molar-refractivity contribution in [1.82, 2.24) is 0 Å². The molecule has 6 rings (SSSR count). The van der Waals surface area contributed by atoms with E-state index in [0.717, 1.165) is 16.7 Å². The summed E-state index contributed by atoms with van der Waals surface area (Å²) in [5.41, 5.74) is 4.24. The molecule has 0 radical (unpaired) electrons. The van der Waals surface area contributed by atoms with Crippen molar-refractivity contribution in [2.24, 2.45) is 5.92 Å². The molecule has 0 spiro atoms. The second kappa shape index (κ2) is 15.3. The average molecular weight is 627 g/mol. The van der Waals surface area contributed by atoms with Crippen LogP contribution in [0.1, 0.15) is 41.0 Å². The summed E-state index contributed by atoms with van der Waals surface area (Å²) >= 11 is 0. The highest BCUT2D eigenvalue weighted by atomic mass is 16.7. The van der Waals surface area contributed by atoms with Gasteiger partial charge in [0.15, 0.2) is 6.29 Å². The van der Waals surface area contributed by atoms with Crippen LogP contribution in [0.5, 0.6) is 5.75 Å². The van der Waals surface area contributed by atoms with Gasteiger partial charge in [0.25, 0.3) is 0 Å². The molecule has 4 aromatic carbocycles. The molecule has 2 aliphatic heterocycles. The Morgan fingerprint density at radius 1 is 0.739 bits per heavy atom. The minimum Gasteiger partial charge on any atom is -0.496 e. The van der Waals surface area contributed by atoms with Gasteiger partial charge in [-0.25, -0.2) is 0 Å². The average Bonchev–Trinajstić information content (AvgIpc) is 3.64. The van der Waals surface area contributed by atoms with Crippen molar-refractivity contribution in [2.45, 2.75) is 57.1 Å². The van der Waals surface area contributed by atoms with Crippen LogP contribution in [0.15, 0.2) is 109 Å². The molecule has 0 amide bonds. The highest BCUT2D eigenvalue weighted by Crippen LogP contribution is 2.45. The van der Waals surface area contributed by atoms with Crippen LogP contribution in [-0.4, -0.2) is 50.3 Å². The summed E-state index contributed by atoms with van der Waals surface area (Å²) < 4.78 is 43.4. The molecule has 5 atom stereocenters. The van der Waals surface area contributed by atoms with Crippen molar-refractivity contribution in [1.29, 1.82) is 0 Å². The molecule has 2 aliphatic rings. The monoisotopic (exact) mass is 626 g/mol. The van der Waals surface area contributed by atoms with E-state index in [-0.39, 0.29) is 19.1 Å². The molecule has 2 saturated heterocycles. The van der Waals surface area contributed by atoms with Gasteiger partial charge in [0, 0.05) is 11.5 Å². The number of methoxy groups -OCH3 is 1. The first-order valence-electron chi connectivity index (χ1n) is 15.8. The van der Waals surface area contributed by atoms with E-state index in [1.807, 2.05) is 104 Å². The first kappa shape index (κ1) is 32.3. The van der Waals surface area contributed by atoms with E-state index < -0.39 is 30.4 Å². The van der Waals surface area contributed by atoms with Gasteiger partial charge in [0.1, 0.15) is 18.0 Å². The van der Waals surface area contributed by atoms with Crippen LogP contribution >= 0.6 is 0 Å². The molecule has 0 aromatic heterocycles. The fourth-order valence-electron chi connectivity index (χ4n) is 6.19. The molecule has 2 heterocycles. The second-order valence-corrected chi connectivity index (χ2v) is 11.7. The van der Waals surface area contributed by atoms with Crippen LogP contribution in [0, 0.1) is 5.92 Å². The predicted octanol–water partition coefficient (Wildman–Crippen LogP) is 6.31. The summed E-state index contributed by atoms with van der Waals surface area (Å²) in [5.74, 6) is -1.57. The van der Waals surface area contributed by atoms with Crippen LogP contribution in [0.25, 0.3) is 0 Å². The van der Waals surface area contributed by atoms with Crippen molar-refractivity contribution >= 4 is 0 Å². The third-order valence-electron chi connectivity index (χ3n) is 8.55. The number of hydrogen-bond acceptors (Lipinski definition) is 8. The molecule has 242 valence electrons. The Morgan fingerprint density at radius 3 is 1.89 bits per heavy atom. The van der Waals surface area contributed by atoms with Gasteiger partial charge in [-0.3, -0.25) is 0 Å².